The van der Waals surface area contributed by atoms with Crippen molar-refractivity contribution in [2.45, 2.75) is 26.4 Å². The fourth-order valence-electron chi connectivity index (χ4n) is 2.60. The largest absolute Gasteiger partial charge is 0.382 e. The summed E-state index contributed by atoms with van der Waals surface area (Å²) in [7, 11) is 1.63. The van der Waals surface area contributed by atoms with E-state index in [1.165, 1.54) is 0 Å². The third-order valence-corrected chi connectivity index (χ3v) is 4.08. The normalized spacial score (nSPS) is 17.3. The fourth-order valence-corrected chi connectivity index (χ4v) is 2.60. The van der Waals surface area contributed by atoms with Crippen LogP contribution in [0.3, 0.4) is 0 Å². The molecule has 1 fully saturated rings. The second kappa shape index (κ2) is 11.2. The van der Waals surface area contributed by atoms with E-state index >= 15 is 0 Å². The van der Waals surface area contributed by atoms with E-state index in [4.69, 9.17) is 24.7 Å². The minimum atomic E-state index is -0.0314. The predicted octanol–water partition coefficient (Wildman–Crippen LogP) is 1.90. The Balaban J connectivity index is 2.62. The maximum atomic E-state index is 9.43. The summed E-state index contributed by atoms with van der Waals surface area (Å²) in [6.07, 6.45) is 0.942. The molecule has 1 rings (SSSR count). The van der Waals surface area contributed by atoms with Crippen molar-refractivity contribution >= 4 is 0 Å². The van der Waals surface area contributed by atoms with E-state index in [-0.39, 0.29) is 11.7 Å². The van der Waals surface area contributed by atoms with Crippen LogP contribution in [0.1, 0.15) is 20.3 Å². The van der Waals surface area contributed by atoms with Gasteiger partial charge in [-0.25, -0.2) is 0 Å². The molecule has 1 heterocycles. The summed E-state index contributed by atoms with van der Waals surface area (Å²) in [6.45, 7) is 7.07. The highest BCUT2D eigenvalue weighted by molar-refractivity contribution is 5.54. The standard InChI is InChI=1S/C18H24N4O3/c1-14(16(10-19)11-20)18(12-21)15(2)22-5-4-17(13-22)25-9-8-24-7-6-23-3/h17H,4-9,13H2,1-3H3/b18-15+. The molecule has 7 heteroatoms. The zero-order valence-electron chi connectivity index (χ0n) is 15.0. The van der Waals surface area contributed by atoms with Gasteiger partial charge in [0.05, 0.1) is 38.1 Å². The molecule has 1 unspecified atom stereocenters. The molecular weight excluding hydrogens is 320 g/mol. The summed E-state index contributed by atoms with van der Waals surface area (Å²) in [5.74, 6) is 0. The average Bonchev–Trinajstić information content (AvgIpc) is 3.08. The highest BCUT2D eigenvalue weighted by atomic mass is 16.5. The quantitative estimate of drug-likeness (QED) is 0.357. The van der Waals surface area contributed by atoms with Gasteiger partial charge in [-0.1, -0.05) is 0 Å². The summed E-state index contributed by atoms with van der Waals surface area (Å²) in [5.41, 5.74) is 1.53. The molecule has 0 aliphatic carbocycles. The number of hydrogen-bond donors (Lipinski definition) is 0. The number of hydrogen-bond acceptors (Lipinski definition) is 7. The van der Waals surface area contributed by atoms with Gasteiger partial charge < -0.3 is 19.1 Å². The summed E-state index contributed by atoms with van der Waals surface area (Å²) >= 11 is 0. The molecule has 1 atom stereocenters. The highest BCUT2D eigenvalue weighted by Gasteiger charge is 2.25. The van der Waals surface area contributed by atoms with Gasteiger partial charge in [-0.05, 0) is 25.8 Å². The second-order valence-electron chi connectivity index (χ2n) is 5.63. The summed E-state index contributed by atoms with van der Waals surface area (Å²) < 4.78 is 16.1. The number of ether oxygens (including phenoxy) is 3. The van der Waals surface area contributed by atoms with Crippen LogP contribution in [-0.4, -0.2) is 57.6 Å². The van der Waals surface area contributed by atoms with Gasteiger partial charge in [-0.2, -0.15) is 15.8 Å². The van der Waals surface area contributed by atoms with E-state index in [2.05, 4.69) is 11.0 Å². The van der Waals surface area contributed by atoms with Crippen LogP contribution in [0.2, 0.25) is 0 Å². The van der Waals surface area contributed by atoms with E-state index in [9.17, 15) is 5.26 Å². The Morgan fingerprint density at radius 3 is 2.32 bits per heavy atom. The molecule has 1 aliphatic heterocycles. The predicted molar refractivity (Wildman–Crippen MR) is 90.9 cm³/mol. The van der Waals surface area contributed by atoms with Crippen molar-refractivity contribution in [1.82, 2.24) is 4.90 Å². The molecule has 0 aromatic heterocycles. The fraction of sp³-hybridized carbons (Fsp3) is 0.611. The molecule has 134 valence electrons. The number of nitriles is 3. The summed E-state index contributed by atoms with van der Waals surface area (Å²) in [4.78, 5) is 2.06. The lowest BCUT2D eigenvalue weighted by Gasteiger charge is -2.21. The molecule has 0 radical (unpaired) electrons. The molecule has 25 heavy (non-hydrogen) atoms. The zero-order chi connectivity index (χ0) is 18.7. The molecule has 1 aliphatic rings. The lowest BCUT2D eigenvalue weighted by atomic mass is 10.0. The third-order valence-electron chi connectivity index (χ3n) is 4.08. The van der Waals surface area contributed by atoms with E-state index in [0.717, 1.165) is 18.7 Å². The van der Waals surface area contributed by atoms with E-state index in [1.807, 2.05) is 19.1 Å². The minimum Gasteiger partial charge on any atom is -0.382 e. The molecule has 0 amide bonds. The van der Waals surface area contributed by atoms with Gasteiger partial charge in [0.1, 0.15) is 23.8 Å². The highest BCUT2D eigenvalue weighted by Crippen LogP contribution is 2.24. The molecule has 7 nitrogen and oxygen atoms in total. The molecule has 0 N–H and O–H groups in total. The lowest BCUT2D eigenvalue weighted by Crippen LogP contribution is -2.24. The molecule has 0 aromatic rings. The van der Waals surface area contributed by atoms with Crippen molar-refractivity contribution < 1.29 is 14.2 Å². The van der Waals surface area contributed by atoms with Crippen LogP contribution in [0, 0.1) is 34.0 Å². The van der Waals surface area contributed by atoms with E-state index in [1.54, 1.807) is 14.0 Å². The Labute approximate surface area is 149 Å². The maximum Gasteiger partial charge on any atom is 0.133 e. The van der Waals surface area contributed by atoms with Crippen molar-refractivity contribution in [2.24, 2.45) is 0 Å². The smallest absolute Gasteiger partial charge is 0.133 e. The van der Waals surface area contributed by atoms with Crippen LogP contribution in [-0.2, 0) is 14.2 Å². The first-order valence-electron chi connectivity index (χ1n) is 8.14. The van der Waals surface area contributed by atoms with Crippen LogP contribution in [0.5, 0.6) is 0 Å². The SMILES string of the molecule is COCCOCCOC1CCN(/C(C)=C(\C#N)C(C)=C(C#N)C#N)C1. The van der Waals surface area contributed by atoms with Gasteiger partial charge in [-0.3, -0.25) is 0 Å². The van der Waals surface area contributed by atoms with Gasteiger partial charge in [0.25, 0.3) is 0 Å². The van der Waals surface area contributed by atoms with Gasteiger partial charge in [0, 0.05) is 25.9 Å². The Hall–Kier alpha value is -2.37. The van der Waals surface area contributed by atoms with Gasteiger partial charge in [0.15, 0.2) is 0 Å². The topological polar surface area (TPSA) is 102 Å². The molecule has 0 saturated carbocycles. The van der Waals surface area contributed by atoms with Crippen molar-refractivity contribution in [1.29, 1.82) is 15.8 Å². The van der Waals surface area contributed by atoms with Crippen LogP contribution in [0.15, 0.2) is 22.4 Å². The first-order valence-corrected chi connectivity index (χ1v) is 8.14. The van der Waals surface area contributed by atoms with Gasteiger partial charge in [0.2, 0.25) is 0 Å². The number of allylic oxidation sites excluding steroid dienone is 4. The van der Waals surface area contributed by atoms with Crippen molar-refractivity contribution in [3.63, 3.8) is 0 Å². The molecule has 1 saturated heterocycles. The van der Waals surface area contributed by atoms with Crippen LogP contribution in [0.4, 0.5) is 0 Å². The molecule has 0 aromatic carbocycles. The summed E-state index contributed by atoms with van der Waals surface area (Å²) in [6, 6.07) is 5.79. The number of nitrogens with zero attached hydrogens (tertiary/aromatic N) is 4. The molecular formula is C18H24N4O3. The molecule has 0 bridgehead atoms. The average molecular weight is 344 g/mol. The molecule has 0 spiro atoms. The van der Waals surface area contributed by atoms with Crippen molar-refractivity contribution in [2.75, 3.05) is 46.6 Å². The van der Waals surface area contributed by atoms with Gasteiger partial charge >= 0.3 is 0 Å². The van der Waals surface area contributed by atoms with Crippen LogP contribution in [0.25, 0.3) is 0 Å². The van der Waals surface area contributed by atoms with E-state index < -0.39 is 0 Å². The van der Waals surface area contributed by atoms with Crippen molar-refractivity contribution in [3.8, 4) is 18.2 Å². The minimum absolute atomic E-state index is 0.0314. The number of rotatable bonds is 9. The Bertz CT molecular complexity index is 618. The number of likely N-dealkylation sites (tertiary alicyclic amines) is 1. The monoisotopic (exact) mass is 344 g/mol. The Morgan fingerprint density at radius 1 is 1.04 bits per heavy atom. The lowest BCUT2D eigenvalue weighted by molar-refractivity contribution is -0.00201. The first kappa shape index (κ1) is 20.7. The van der Waals surface area contributed by atoms with Crippen LogP contribution < -0.4 is 0 Å². The summed E-state index contributed by atoms with van der Waals surface area (Å²) in [5, 5.41) is 27.4. The zero-order valence-corrected chi connectivity index (χ0v) is 15.0. The van der Waals surface area contributed by atoms with Crippen LogP contribution >= 0.6 is 0 Å². The Kier molecular flexibility index (Phi) is 9.29. The van der Waals surface area contributed by atoms with Gasteiger partial charge in [-0.15, -0.1) is 0 Å². The second-order valence-corrected chi connectivity index (χ2v) is 5.63. The first-order chi connectivity index (χ1) is 12.1. The Morgan fingerprint density at radius 2 is 1.72 bits per heavy atom. The maximum absolute atomic E-state index is 9.43. The van der Waals surface area contributed by atoms with Crippen molar-refractivity contribution in [3.05, 3.63) is 22.4 Å². The third kappa shape index (κ3) is 6.21. The number of methoxy groups -OCH3 is 1. The van der Waals surface area contributed by atoms with E-state index in [0.29, 0.717) is 44.1 Å².